The molecule has 1 aromatic carbocycles. The minimum atomic E-state index is -0.965. The summed E-state index contributed by atoms with van der Waals surface area (Å²) in [6.07, 6.45) is 3.64. The first-order valence-corrected chi connectivity index (χ1v) is 9.21. The number of imide groups is 1. The number of halogens is 2. The van der Waals surface area contributed by atoms with Gasteiger partial charge >= 0.3 is 6.03 Å². The van der Waals surface area contributed by atoms with Gasteiger partial charge in [-0.3, -0.25) is 14.5 Å². The maximum atomic E-state index is 13.3. The zero-order valence-electron chi connectivity index (χ0n) is 15.2. The van der Waals surface area contributed by atoms with E-state index in [1.54, 1.807) is 6.92 Å². The lowest BCUT2D eigenvalue weighted by molar-refractivity contribution is -0.131. The maximum Gasteiger partial charge on any atom is 0.325 e. The molecule has 1 aliphatic heterocycles. The second kappa shape index (κ2) is 7.62. The summed E-state index contributed by atoms with van der Waals surface area (Å²) in [4.78, 5) is 37.9. The Kier molecular flexibility index (Phi) is 5.43. The zero-order chi connectivity index (χ0) is 19.6. The molecule has 6 nitrogen and oxygen atoms in total. The molecule has 1 aromatic rings. The monoisotopic (exact) mass is 379 g/mol. The summed E-state index contributed by atoms with van der Waals surface area (Å²) in [5.41, 5.74) is -0.278. The topological polar surface area (TPSA) is 78.5 Å². The first-order chi connectivity index (χ1) is 12.8. The van der Waals surface area contributed by atoms with Crippen LogP contribution in [0.5, 0.6) is 0 Å². The van der Waals surface area contributed by atoms with Crippen molar-refractivity contribution in [3.63, 3.8) is 0 Å². The fourth-order valence-electron chi connectivity index (χ4n) is 3.77. The van der Waals surface area contributed by atoms with Crippen LogP contribution in [0, 0.1) is 11.6 Å². The van der Waals surface area contributed by atoms with Crippen LogP contribution in [0.3, 0.4) is 0 Å². The molecular weight excluding hydrogens is 356 g/mol. The van der Waals surface area contributed by atoms with Crippen LogP contribution in [0.4, 0.5) is 13.6 Å². The smallest absolute Gasteiger partial charge is 0.325 e. The van der Waals surface area contributed by atoms with Crippen LogP contribution in [0.15, 0.2) is 18.2 Å². The molecule has 1 unspecified atom stereocenters. The van der Waals surface area contributed by atoms with Gasteiger partial charge in [-0.15, -0.1) is 0 Å². The number of carbonyl (C=O) groups excluding carboxylic acids is 3. The summed E-state index contributed by atoms with van der Waals surface area (Å²) in [5, 5.41) is 5.51. The van der Waals surface area contributed by atoms with Gasteiger partial charge in [0.05, 0.1) is 6.04 Å². The lowest BCUT2D eigenvalue weighted by Gasteiger charge is -2.20. The molecule has 2 fully saturated rings. The summed E-state index contributed by atoms with van der Waals surface area (Å²) >= 11 is 0. The number of rotatable bonds is 6. The highest BCUT2D eigenvalue weighted by Crippen LogP contribution is 2.35. The Hall–Kier alpha value is -2.51. The highest BCUT2D eigenvalue weighted by Gasteiger charge is 2.52. The number of urea groups is 1. The average molecular weight is 379 g/mol. The molecule has 8 heteroatoms. The number of amides is 4. The number of hydrogen-bond donors (Lipinski definition) is 2. The highest BCUT2D eigenvalue weighted by molar-refractivity contribution is 6.07. The van der Waals surface area contributed by atoms with E-state index >= 15 is 0 Å². The normalized spacial score (nSPS) is 19.4. The molecule has 2 aliphatic rings. The van der Waals surface area contributed by atoms with Crippen LogP contribution in [-0.2, 0) is 9.59 Å². The van der Waals surface area contributed by atoms with Crippen molar-refractivity contribution in [1.29, 1.82) is 0 Å². The maximum absolute atomic E-state index is 13.3. The van der Waals surface area contributed by atoms with Crippen molar-refractivity contribution in [3.8, 4) is 0 Å². The van der Waals surface area contributed by atoms with Crippen LogP contribution < -0.4 is 10.6 Å². The summed E-state index contributed by atoms with van der Waals surface area (Å²) in [5.74, 6) is -2.38. The van der Waals surface area contributed by atoms with Gasteiger partial charge in [-0.05, 0) is 43.9 Å². The molecule has 4 amide bonds. The molecule has 0 bridgehead atoms. The van der Waals surface area contributed by atoms with E-state index in [0.29, 0.717) is 24.8 Å². The van der Waals surface area contributed by atoms with Crippen molar-refractivity contribution in [1.82, 2.24) is 15.5 Å². The molecule has 3 rings (SSSR count). The van der Waals surface area contributed by atoms with E-state index in [1.165, 1.54) is 11.0 Å². The van der Waals surface area contributed by atoms with Crippen molar-refractivity contribution in [2.75, 3.05) is 6.54 Å². The Morgan fingerprint density at radius 1 is 1.26 bits per heavy atom. The largest absolute Gasteiger partial charge is 0.350 e. The molecule has 146 valence electrons. The lowest BCUT2D eigenvalue weighted by atomic mass is 9.98. The first kappa shape index (κ1) is 19.3. The molecule has 1 saturated carbocycles. The van der Waals surface area contributed by atoms with Gasteiger partial charge in [-0.2, -0.15) is 0 Å². The van der Waals surface area contributed by atoms with E-state index in [9.17, 15) is 23.2 Å². The first-order valence-electron chi connectivity index (χ1n) is 9.21. The number of nitrogens with one attached hydrogen (secondary N) is 2. The Labute approximate surface area is 156 Å². The fourth-order valence-corrected chi connectivity index (χ4v) is 3.77. The third-order valence-corrected chi connectivity index (χ3v) is 5.31. The molecule has 2 N–H and O–H groups in total. The minimum Gasteiger partial charge on any atom is -0.350 e. The van der Waals surface area contributed by atoms with Crippen LogP contribution in [0.2, 0.25) is 0 Å². The predicted octanol–water partition coefficient (Wildman–Crippen LogP) is 2.79. The molecule has 0 aromatic heterocycles. The van der Waals surface area contributed by atoms with Gasteiger partial charge in [0.25, 0.3) is 5.91 Å². The van der Waals surface area contributed by atoms with Gasteiger partial charge in [0.15, 0.2) is 11.6 Å². The second-order valence-corrected chi connectivity index (χ2v) is 7.24. The fraction of sp³-hybridized carbons (Fsp3) is 0.526. The molecule has 1 spiro atoms. The van der Waals surface area contributed by atoms with Crippen LogP contribution in [-0.4, -0.2) is 34.8 Å². The molecule has 1 saturated heterocycles. The Morgan fingerprint density at radius 3 is 2.63 bits per heavy atom. The van der Waals surface area contributed by atoms with Gasteiger partial charge in [0.2, 0.25) is 5.91 Å². The van der Waals surface area contributed by atoms with E-state index in [2.05, 4.69) is 10.6 Å². The van der Waals surface area contributed by atoms with E-state index in [-0.39, 0.29) is 24.8 Å². The van der Waals surface area contributed by atoms with Crippen LogP contribution >= 0.6 is 0 Å². The standard InChI is InChI=1S/C19H23F2N3O3/c1-12(13-6-7-14(20)15(21)11-13)22-16(25)5-4-10-24-17(26)19(23-18(24)27)8-2-3-9-19/h6-7,11-12H,2-5,8-10H2,1H3,(H,22,25)(H,23,27). The van der Waals surface area contributed by atoms with Gasteiger partial charge < -0.3 is 10.6 Å². The van der Waals surface area contributed by atoms with E-state index in [1.807, 2.05) is 0 Å². The Balaban J connectivity index is 1.47. The summed E-state index contributed by atoms with van der Waals surface area (Å²) in [7, 11) is 0. The Bertz CT molecular complexity index is 763. The third-order valence-electron chi connectivity index (χ3n) is 5.31. The highest BCUT2D eigenvalue weighted by atomic mass is 19.2. The van der Waals surface area contributed by atoms with Gasteiger partial charge in [-0.1, -0.05) is 18.9 Å². The number of carbonyl (C=O) groups is 3. The summed E-state index contributed by atoms with van der Waals surface area (Å²) in [6, 6.07) is 2.61. The molecular formula is C19H23F2N3O3. The predicted molar refractivity (Wildman–Crippen MR) is 93.6 cm³/mol. The summed E-state index contributed by atoms with van der Waals surface area (Å²) < 4.78 is 26.3. The van der Waals surface area contributed by atoms with Crippen LogP contribution in [0.25, 0.3) is 0 Å². The second-order valence-electron chi connectivity index (χ2n) is 7.24. The minimum absolute atomic E-state index is 0.123. The SMILES string of the molecule is CC(NC(=O)CCCN1C(=O)NC2(CCCC2)C1=O)c1ccc(F)c(F)c1. The van der Waals surface area contributed by atoms with Crippen molar-refractivity contribution in [2.45, 2.75) is 57.0 Å². The number of hydrogen-bond acceptors (Lipinski definition) is 3. The van der Waals surface area contributed by atoms with Crippen molar-refractivity contribution in [2.24, 2.45) is 0 Å². The number of benzene rings is 1. The third kappa shape index (κ3) is 3.94. The van der Waals surface area contributed by atoms with Gasteiger partial charge in [0.1, 0.15) is 5.54 Å². The average Bonchev–Trinajstić information content (AvgIpc) is 3.17. The number of nitrogens with zero attached hydrogens (tertiary/aromatic N) is 1. The van der Waals surface area contributed by atoms with Gasteiger partial charge in [0, 0.05) is 13.0 Å². The van der Waals surface area contributed by atoms with Crippen molar-refractivity contribution < 1.29 is 23.2 Å². The summed E-state index contributed by atoms with van der Waals surface area (Å²) in [6.45, 7) is 1.85. The van der Waals surface area contributed by atoms with Gasteiger partial charge in [-0.25, -0.2) is 13.6 Å². The molecule has 1 aliphatic carbocycles. The molecule has 1 atom stereocenters. The zero-order valence-corrected chi connectivity index (χ0v) is 15.2. The van der Waals surface area contributed by atoms with E-state index in [0.717, 1.165) is 25.0 Å². The van der Waals surface area contributed by atoms with Crippen LogP contribution in [0.1, 0.15) is 57.1 Å². The van der Waals surface area contributed by atoms with E-state index in [4.69, 9.17) is 0 Å². The quantitative estimate of drug-likeness (QED) is 0.746. The van der Waals surface area contributed by atoms with Crippen molar-refractivity contribution in [3.05, 3.63) is 35.4 Å². The molecule has 0 radical (unpaired) electrons. The van der Waals surface area contributed by atoms with Crippen molar-refractivity contribution >= 4 is 17.8 Å². The molecule has 1 heterocycles. The van der Waals surface area contributed by atoms with E-state index < -0.39 is 29.2 Å². The Morgan fingerprint density at radius 2 is 1.96 bits per heavy atom. The molecule has 27 heavy (non-hydrogen) atoms. The lowest BCUT2D eigenvalue weighted by Crippen LogP contribution is -2.44.